The van der Waals surface area contributed by atoms with Gasteiger partial charge in [-0.1, -0.05) is 0 Å². The lowest BCUT2D eigenvalue weighted by Crippen LogP contribution is -2.53. The minimum Gasteiger partial charge on any atom is -0.498 e. The highest BCUT2D eigenvalue weighted by atomic mass is 16.6. The maximum absolute atomic E-state index is 12.5. The maximum atomic E-state index is 12.5. The summed E-state index contributed by atoms with van der Waals surface area (Å²) >= 11 is 0. The molecule has 0 saturated carbocycles. The second-order valence-electron chi connectivity index (χ2n) is 6.74. The van der Waals surface area contributed by atoms with Gasteiger partial charge in [0.1, 0.15) is 23.2 Å². The molecule has 0 aliphatic carbocycles. The predicted molar refractivity (Wildman–Crippen MR) is 76.7 cm³/mol. The van der Waals surface area contributed by atoms with Crippen molar-refractivity contribution in [3.8, 4) is 0 Å². The molecule has 1 fully saturated rings. The van der Waals surface area contributed by atoms with E-state index in [2.05, 4.69) is 0 Å². The van der Waals surface area contributed by atoms with Crippen LogP contribution >= 0.6 is 0 Å². The Hall–Kier alpha value is -1.27. The van der Waals surface area contributed by atoms with Crippen LogP contribution in [0.4, 0.5) is 4.79 Å². The van der Waals surface area contributed by atoms with E-state index in [1.165, 1.54) is 0 Å². The lowest BCUT2D eigenvalue weighted by atomic mass is 10.1. The minimum atomic E-state index is -0.738. The first kappa shape index (κ1) is 16.1. The zero-order valence-electron chi connectivity index (χ0n) is 13.6. The van der Waals surface area contributed by atoms with E-state index >= 15 is 0 Å². The van der Waals surface area contributed by atoms with Crippen LogP contribution in [-0.4, -0.2) is 54.8 Å². The van der Waals surface area contributed by atoms with Crippen molar-refractivity contribution in [2.75, 3.05) is 20.3 Å². The van der Waals surface area contributed by atoms with Gasteiger partial charge in [0, 0.05) is 0 Å². The Labute approximate surface area is 126 Å². The van der Waals surface area contributed by atoms with Crippen LogP contribution in [0.2, 0.25) is 0 Å². The summed E-state index contributed by atoms with van der Waals surface area (Å²) in [5, 5.41) is 0. The van der Waals surface area contributed by atoms with Crippen LogP contribution in [0.15, 0.2) is 11.8 Å². The number of ether oxygens (including phenoxy) is 4. The second kappa shape index (κ2) is 5.50. The first-order valence-corrected chi connectivity index (χ1v) is 7.17. The molecule has 1 saturated heterocycles. The summed E-state index contributed by atoms with van der Waals surface area (Å²) in [6, 6.07) is -0.261. The number of methoxy groups -OCH3 is 1. The molecule has 2 heterocycles. The molecule has 2 atom stereocenters. The highest BCUT2D eigenvalue weighted by Gasteiger charge is 2.50. The molecule has 0 N–H and O–H groups in total. The quantitative estimate of drug-likeness (QED) is 0.783. The summed E-state index contributed by atoms with van der Waals surface area (Å²) in [4.78, 5) is 14.2. The summed E-state index contributed by atoms with van der Waals surface area (Å²) in [5.41, 5.74) is -1.30. The topological polar surface area (TPSA) is 57.2 Å². The zero-order valence-corrected chi connectivity index (χ0v) is 13.6. The van der Waals surface area contributed by atoms with Crippen molar-refractivity contribution in [1.82, 2.24) is 4.90 Å². The zero-order chi connectivity index (χ0) is 15.8. The summed E-state index contributed by atoms with van der Waals surface area (Å²) in [7, 11) is 1.60. The van der Waals surface area contributed by atoms with Gasteiger partial charge >= 0.3 is 6.09 Å². The molecule has 0 spiro atoms. The van der Waals surface area contributed by atoms with Crippen molar-refractivity contribution in [1.29, 1.82) is 0 Å². The third kappa shape index (κ3) is 3.32. The largest absolute Gasteiger partial charge is 0.498 e. The van der Waals surface area contributed by atoms with E-state index in [0.29, 0.717) is 13.2 Å². The van der Waals surface area contributed by atoms with E-state index in [4.69, 9.17) is 18.9 Å². The average Bonchev–Trinajstić information content (AvgIpc) is 2.89. The molecule has 0 aromatic carbocycles. The lowest BCUT2D eigenvalue weighted by molar-refractivity contribution is -0.0694. The van der Waals surface area contributed by atoms with Gasteiger partial charge in [0.15, 0.2) is 0 Å². The number of carbonyl (C=O) groups excluding carboxylic acids is 1. The number of carbonyl (C=O) groups is 1. The molecule has 0 aromatic rings. The molecule has 6 nitrogen and oxygen atoms in total. The lowest BCUT2D eigenvalue weighted by Gasteiger charge is -2.36. The number of hydrogen-bond donors (Lipinski definition) is 0. The molecule has 1 unspecified atom stereocenters. The highest BCUT2D eigenvalue weighted by Crippen LogP contribution is 2.34. The van der Waals surface area contributed by atoms with Gasteiger partial charge in [0.2, 0.25) is 0 Å². The first-order chi connectivity index (χ1) is 9.65. The molecule has 0 bridgehead atoms. The van der Waals surface area contributed by atoms with Crippen molar-refractivity contribution in [2.45, 2.75) is 58.1 Å². The van der Waals surface area contributed by atoms with Crippen LogP contribution in [0.1, 0.15) is 34.6 Å². The first-order valence-electron chi connectivity index (χ1n) is 7.17. The fraction of sp³-hybridized carbons (Fsp3) is 0.800. The molecule has 2 rings (SSSR count). The molecular weight excluding hydrogens is 274 g/mol. The summed E-state index contributed by atoms with van der Waals surface area (Å²) in [6.45, 7) is 10.1. The predicted octanol–water partition coefficient (Wildman–Crippen LogP) is 2.29. The van der Waals surface area contributed by atoms with Crippen LogP contribution in [0.3, 0.4) is 0 Å². The van der Waals surface area contributed by atoms with Crippen molar-refractivity contribution in [2.24, 2.45) is 0 Å². The molecule has 0 radical (unpaired) electrons. The molecule has 21 heavy (non-hydrogen) atoms. The molecule has 120 valence electrons. The number of amides is 1. The van der Waals surface area contributed by atoms with Crippen molar-refractivity contribution in [3.63, 3.8) is 0 Å². The standard InChI is InChI=1S/C15H25NO5/c1-14(2,3)21-13(17)16-10(9-20-15(16,4)5)12-11(18-6)7-8-19-12/h7,10,12H,8-9H2,1-6H3/t10-,12?/m0/s1. The Kier molecular flexibility index (Phi) is 4.22. The van der Waals surface area contributed by atoms with E-state index in [1.807, 2.05) is 40.7 Å². The monoisotopic (exact) mass is 299 g/mol. The van der Waals surface area contributed by atoms with Crippen molar-refractivity contribution in [3.05, 3.63) is 11.8 Å². The maximum Gasteiger partial charge on any atom is 0.413 e. The van der Waals surface area contributed by atoms with Crippen molar-refractivity contribution < 1.29 is 23.7 Å². The Bertz CT molecular complexity index is 438. The average molecular weight is 299 g/mol. The van der Waals surface area contributed by atoms with Gasteiger partial charge in [-0.25, -0.2) is 4.79 Å². The Morgan fingerprint density at radius 3 is 2.67 bits per heavy atom. The summed E-state index contributed by atoms with van der Waals surface area (Å²) in [5.74, 6) is 0.731. The Morgan fingerprint density at radius 2 is 2.10 bits per heavy atom. The van der Waals surface area contributed by atoms with E-state index in [0.717, 1.165) is 5.76 Å². The molecular formula is C15H25NO5. The van der Waals surface area contributed by atoms with Gasteiger partial charge in [-0.3, -0.25) is 4.90 Å². The Balaban J connectivity index is 2.21. The van der Waals surface area contributed by atoms with Gasteiger partial charge < -0.3 is 18.9 Å². The van der Waals surface area contributed by atoms with Gasteiger partial charge in [-0.2, -0.15) is 0 Å². The SMILES string of the molecule is COC1=CCOC1[C@@H]1COC(C)(C)N1C(=O)OC(C)(C)C. The fourth-order valence-electron chi connectivity index (χ4n) is 2.65. The minimum absolute atomic E-state index is 0.261. The summed E-state index contributed by atoms with van der Waals surface area (Å²) < 4.78 is 22.3. The third-order valence-corrected chi connectivity index (χ3v) is 3.54. The van der Waals surface area contributed by atoms with Gasteiger partial charge in [-0.05, 0) is 40.7 Å². The highest BCUT2D eigenvalue weighted by molar-refractivity contribution is 5.70. The van der Waals surface area contributed by atoms with Gasteiger partial charge in [0.05, 0.1) is 26.4 Å². The molecule has 0 aromatic heterocycles. The van der Waals surface area contributed by atoms with Crippen LogP contribution in [0, 0.1) is 0 Å². The van der Waals surface area contributed by atoms with Gasteiger partial charge in [0.25, 0.3) is 0 Å². The fourth-order valence-corrected chi connectivity index (χ4v) is 2.65. The van der Waals surface area contributed by atoms with E-state index in [1.54, 1.807) is 12.0 Å². The Morgan fingerprint density at radius 1 is 1.43 bits per heavy atom. The van der Waals surface area contributed by atoms with Crippen LogP contribution < -0.4 is 0 Å². The normalized spacial score (nSPS) is 28.5. The smallest absolute Gasteiger partial charge is 0.413 e. The van der Waals surface area contributed by atoms with Crippen LogP contribution in [-0.2, 0) is 18.9 Å². The molecule has 6 heteroatoms. The van der Waals surface area contributed by atoms with E-state index in [-0.39, 0.29) is 12.1 Å². The summed E-state index contributed by atoms with van der Waals surface area (Å²) in [6.07, 6.45) is 1.16. The third-order valence-electron chi connectivity index (χ3n) is 3.54. The van der Waals surface area contributed by atoms with Crippen LogP contribution in [0.5, 0.6) is 0 Å². The van der Waals surface area contributed by atoms with Crippen LogP contribution in [0.25, 0.3) is 0 Å². The second-order valence-corrected chi connectivity index (χ2v) is 6.74. The van der Waals surface area contributed by atoms with Crippen molar-refractivity contribution >= 4 is 6.09 Å². The number of rotatable bonds is 2. The molecule has 2 aliphatic rings. The number of hydrogen-bond acceptors (Lipinski definition) is 5. The molecule has 2 aliphatic heterocycles. The van der Waals surface area contributed by atoms with E-state index < -0.39 is 17.4 Å². The molecule has 1 amide bonds. The van der Waals surface area contributed by atoms with Gasteiger partial charge in [-0.15, -0.1) is 0 Å². The van der Waals surface area contributed by atoms with E-state index in [9.17, 15) is 4.79 Å². The number of nitrogens with zero attached hydrogens (tertiary/aromatic N) is 1.